The molecular weight excluding hydrogens is 348 g/mol. The number of hydrogen-bond acceptors (Lipinski definition) is 3. The van der Waals surface area contributed by atoms with Gasteiger partial charge < -0.3 is 15.4 Å². The number of nitrogens with zero attached hydrogens (tertiary/aromatic N) is 1. The fraction of sp³-hybridized carbons (Fsp3) is 0.381. The molecule has 1 aliphatic rings. The minimum Gasteiger partial charge on any atom is -0.489 e. The first kappa shape index (κ1) is 18.7. The molecule has 1 heterocycles. The molecule has 0 aliphatic carbocycles. The summed E-state index contributed by atoms with van der Waals surface area (Å²) in [6.07, 6.45) is 0.823. The molecule has 138 valence electrons. The molecule has 0 bridgehead atoms. The Morgan fingerprint density at radius 2 is 2.04 bits per heavy atom. The summed E-state index contributed by atoms with van der Waals surface area (Å²) in [4.78, 5) is 14.8. The summed E-state index contributed by atoms with van der Waals surface area (Å²) in [5, 5.41) is 0.681. The molecule has 1 atom stereocenters. The quantitative estimate of drug-likeness (QED) is 0.878. The van der Waals surface area contributed by atoms with Gasteiger partial charge in [-0.3, -0.25) is 4.79 Å². The van der Waals surface area contributed by atoms with Gasteiger partial charge in [0, 0.05) is 29.7 Å². The molecule has 1 amide bonds. The Labute approximate surface area is 159 Å². The Hall–Kier alpha value is -2.04. The minimum atomic E-state index is -0.0748. The highest BCUT2D eigenvalue weighted by Gasteiger charge is 2.35. The van der Waals surface area contributed by atoms with Crippen LogP contribution >= 0.6 is 11.6 Å². The molecule has 3 rings (SSSR count). The third kappa shape index (κ3) is 4.37. The number of carbonyl (C=O) groups is 1. The van der Waals surface area contributed by atoms with Crippen molar-refractivity contribution in [2.24, 2.45) is 11.1 Å². The zero-order chi connectivity index (χ0) is 18.7. The van der Waals surface area contributed by atoms with Gasteiger partial charge in [0.25, 0.3) is 5.91 Å². The molecule has 26 heavy (non-hydrogen) atoms. The first-order chi connectivity index (χ1) is 12.3. The largest absolute Gasteiger partial charge is 0.489 e. The maximum atomic E-state index is 12.9. The van der Waals surface area contributed by atoms with Crippen LogP contribution in [0, 0.1) is 5.41 Å². The molecule has 1 saturated heterocycles. The second kappa shape index (κ2) is 7.68. The SMILES string of the molecule is CC1(C)CN(C(=O)c2cccc(OCc3cccc(Cl)c3)c2)CCC1N. The number of benzene rings is 2. The fourth-order valence-corrected chi connectivity index (χ4v) is 3.46. The zero-order valence-corrected chi connectivity index (χ0v) is 16.0. The van der Waals surface area contributed by atoms with E-state index in [2.05, 4.69) is 13.8 Å². The van der Waals surface area contributed by atoms with E-state index in [4.69, 9.17) is 22.1 Å². The number of carbonyl (C=O) groups excluding carboxylic acids is 1. The Morgan fingerprint density at radius 1 is 1.27 bits per heavy atom. The van der Waals surface area contributed by atoms with Crippen LogP contribution in [0.2, 0.25) is 5.02 Å². The number of amides is 1. The van der Waals surface area contributed by atoms with Crippen molar-refractivity contribution in [2.75, 3.05) is 13.1 Å². The van der Waals surface area contributed by atoms with Crippen LogP contribution in [-0.4, -0.2) is 29.9 Å². The van der Waals surface area contributed by atoms with Crippen LogP contribution in [-0.2, 0) is 6.61 Å². The van der Waals surface area contributed by atoms with Crippen molar-refractivity contribution >= 4 is 17.5 Å². The van der Waals surface area contributed by atoms with Gasteiger partial charge in [0.1, 0.15) is 12.4 Å². The van der Waals surface area contributed by atoms with Crippen molar-refractivity contribution in [1.29, 1.82) is 0 Å². The first-order valence-corrected chi connectivity index (χ1v) is 9.25. The van der Waals surface area contributed by atoms with Crippen LogP contribution in [0.5, 0.6) is 5.75 Å². The monoisotopic (exact) mass is 372 g/mol. The lowest BCUT2D eigenvalue weighted by Gasteiger charge is -2.42. The molecule has 1 unspecified atom stereocenters. The van der Waals surface area contributed by atoms with Crippen molar-refractivity contribution < 1.29 is 9.53 Å². The number of ether oxygens (including phenoxy) is 1. The summed E-state index contributed by atoms with van der Waals surface area (Å²) in [6.45, 7) is 5.99. The molecule has 0 aromatic heterocycles. The zero-order valence-electron chi connectivity index (χ0n) is 15.2. The molecule has 5 heteroatoms. The Kier molecular flexibility index (Phi) is 5.54. The number of likely N-dealkylation sites (tertiary alicyclic amines) is 1. The van der Waals surface area contributed by atoms with Crippen molar-refractivity contribution in [3.63, 3.8) is 0 Å². The van der Waals surface area contributed by atoms with Crippen LogP contribution < -0.4 is 10.5 Å². The topological polar surface area (TPSA) is 55.6 Å². The number of piperidine rings is 1. The highest BCUT2D eigenvalue weighted by molar-refractivity contribution is 6.30. The van der Waals surface area contributed by atoms with Gasteiger partial charge in [-0.1, -0.05) is 43.6 Å². The molecule has 4 nitrogen and oxygen atoms in total. The highest BCUT2D eigenvalue weighted by Crippen LogP contribution is 2.29. The van der Waals surface area contributed by atoms with Gasteiger partial charge in [0.2, 0.25) is 0 Å². The molecule has 2 aromatic carbocycles. The average Bonchev–Trinajstić information content (AvgIpc) is 2.62. The lowest BCUT2D eigenvalue weighted by Crippen LogP contribution is -2.53. The van der Waals surface area contributed by atoms with E-state index in [9.17, 15) is 4.79 Å². The van der Waals surface area contributed by atoms with Crippen LogP contribution in [0.4, 0.5) is 0 Å². The van der Waals surface area contributed by atoms with Gasteiger partial charge in [-0.05, 0) is 47.7 Å². The second-order valence-corrected chi connectivity index (χ2v) is 7.99. The second-order valence-electron chi connectivity index (χ2n) is 7.56. The fourth-order valence-electron chi connectivity index (χ4n) is 3.24. The summed E-state index contributed by atoms with van der Waals surface area (Å²) >= 11 is 6.00. The van der Waals surface area contributed by atoms with E-state index < -0.39 is 0 Å². The normalized spacial score (nSPS) is 19.2. The number of nitrogens with two attached hydrogens (primary N) is 1. The van der Waals surface area contributed by atoms with Crippen molar-refractivity contribution in [2.45, 2.75) is 32.9 Å². The molecule has 2 aromatic rings. The summed E-state index contributed by atoms with van der Waals surface area (Å²) in [6, 6.07) is 15.0. The third-order valence-corrected chi connectivity index (χ3v) is 5.21. The van der Waals surface area contributed by atoms with E-state index in [0.717, 1.165) is 12.0 Å². The lowest BCUT2D eigenvalue weighted by atomic mass is 9.79. The van der Waals surface area contributed by atoms with Crippen LogP contribution in [0.1, 0.15) is 36.2 Å². The molecule has 1 fully saturated rings. The molecule has 0 spiro atoms. The molecule has 0 saturated carbocycles. The average molecular weight is 373 g/mol. The predicted octanol–water partition coefficient (Wildman–Crippen LogP) is 4.12. The van der Waals surface area contributed by atoms with E-state index in [1.165, 1.54) is 0 Å². The summed E-state index contributed by atoms with van der Waals surface area (Å²) in [5.74, 6) is 0.696. The maximum absolute atomic E-state index is 12.9. The summed E-state index contributed by atoms with van der Waals surface area (Å²) in [5.41, 5.74) is 7.73. The van der Waals surface area contributed by atoms with Crippen molar-refractivity contribution in [3.8, 4) is 5.75 Å². The summed E-state index contributed by atoms with van der Waals surface area (Å²) < 4.78 is 5.83. The third-order valence-electron chi connectivity index (χ3n) is 4.97. The Morgan fingerprint density at radius 3 is 2.77 bits per heavy atom. The highest BCUT2D eigenvalue weighted by atomic mass is 35.5. The van der Waals surface area contributed by atoms with Gasteiger partial charge in [-0.25, -0.2) is 0 Å². The Bertz CT molecular complexity index is 791. The van der Waals surface area contributed by atoms with E-state index in [1.54, 1.807) is 6.07 Å². The summed E-state index contributed by atoms with van der Waals surface area (Å²) in [7, 11) is 0. The Balaban J connectivity index is 1.68. The van der Waals surface area contributed by atoms with Gasteiger partial charge in [0.15, 0.2) is 0 Å². The van der Waals surface area contributed by atoms with E-state index >= 15 is 0 Å². The minimum absolute atomic E-state index is 0.0261. The van der Waals surface area contributed by atoms with Gasteiger partial charge in [-0.2, -0.15) is 0 Å². The van der Waals surface area contributed by atoms with Crippen LogP contribution in [0.15, 0.2) is 48.5 Å². The van der Waals surface area contributed by atoms with Gasteiger partial charge in [0.05, 0.1) is 0 Å². The molecule has 0 radical (unpaired) electrons. The molecular formula is C21H25ClN2O2. The van der Waals surface area contributed by atoms with Crippen LogP contribution in [0.25, 0.3) is 0 Å². The number of hydrogen-bond donors (Lipinski definition) is 1. The number of rotatable bonds is 4. The molecule has 2 N–H and O–H groups in total. The smallest absolute Gasteiger partial charge is 0.254 e. The first-order valence-electron chi connectivity index (χ1n) is 8.87. The van der Waals surface area contributed by atoms with E-state index in [1.807, 2.05) is 47.4 Å². The van der Waals surface area contributed by atoms with Crippen LogP contribution in [0.3, 0.4) is 0 Å². The van der Waals surface area contributed by atoms with E-state index in [0.29, 0.717) is 36.0 Å². The maximum Gasteiger partial charge on any atom is 0.254 e. The predicted molar refractivity (Wildman–Crippen MR) is 105 cm³/mol. The standard InChI is InChI=1S/C21H25ClN2O2/c1-21(2)14-24(10-9-19(21)23)20(25)16-6-4-8-18(12-16)26-13-15-5-3-7-17(22)11-15/h3-8,11-12,19H,9-10,13-14,23H2,1-2H3. The van der Waals surface area contributed by atoms with Crippen molar-refractivity contribution in [3.05, 3.63) is 64.7 Å². The van der Waals surface area contributed by atoms with E-state index in [-0.39, 0.29) is 17.4 Å². The van der Waals surface area contributed by atoms with Gasteiger partial charge >= 0.3 is 0 Å². The number of halogens is 1. The van der Waals surface area contributed by atoms with Crippen molar-refractivity contribution in [1.82, 2.24) is 4.90 Å². The van der Waals surface area contributed by atoms with Gasteiger partial charge in [-0.15, -0.1) is 0 Å². The lowest BCUT2D eigenvalue weighted by molar-refractivity contribution is 0.0532. The molecule has 1 aliphatic heterocycles.